The number of nitrogens with zero attached hydrogens (tertiary/aromatic N) is 2. The molecule has 0 spiro atoms. The van der Waals surface area contributed by atoms with Crippen molar-refractivity contribution >= 4 is 29.1 Å². The molecular formula is C34H40ClN3O4. The largest absolute Gasteiger partial charge is 0.493 e. The molecule has 2 amide bonds. The molecule has 2 aliphatic rings. The third-order valence-electron chi connectivity index (χ3n) is 8.51. The normalized spacial score (nSPS) is 20.1. The molecule has 1 fully saturated rings. The molecule has 3 aromatic rings. The van der Waals surface area contributed by atoms with Crippen LogP contribution in [0.15, 0.2) is 60.7 Å². The molecule has 3 aromatic carbocycles. The van der Waals surface area contributed by atoms with E-state index in [9.17, 15) is 9.59 Å². The Hall–Kier alpha value is -3.55. The van der Waals surface area contributed by atoms with Crippen LogP contribution in [-0.4, -0.2) is 49.1 Å². The Morgan fingerprint density at radius 1 is 1.07 bits per heavy atom. The second-order valence-electron chi connectivity index (χ2n) is 11.4. The van der Waals surface area contributed by atoms with Crippen LogP contribution in [0.1, 0.15) is 74.9 Å². The van der Waals surface area contributed by atoms with Crippen molar-refractivity contribution < 1.29 is 19.1 Å². The Labute approximate surface area is 253 Å². The lowest BCUT2D eigenvalue weighted by Crippen LogP contribution is -2.41. The van der Waals surface area contributed by atoms with E-state index in [4.69, 9.17) is 21.1 Å². The molecule has 0 bridgehead atoms. The molecule has 5 rings (SSSR count). The molecule has 4 atom stereocenters. The maximum Gasteiger partial charge on any atom is 0.232 e. The standard InChI is InChI=1S/C34H40ClN3O4/c1-6-21(2)42-32-19-30-26(17-31(32)41-5)18-33(40)38(34(30)25-7-11-27(35)12-8-25)29-13-9-24(10-14-29)22(3)37-16-15-28(20-37)36-23(4)39/h7-14,17,19,21-22,28,34H,6,15-16,18,20H2,1-5H3,(H,36,39). The Kier molecular flexibility index (Phi) is 9.09. The summed E-state index contributed by atoms with van der Waals surface area (Å²) >= 11 is 6.26. The number of rotatable bonds is 9. The summed E-state index contributed by atoms with van der Waals surface area (Å²) in [5.74, 6) is 1.33. The number of ether oxygens (including phenoxy) is 2. The van der Waals surface area contributed by atoms with Crippen molar-refractivity contribution in [2.75, 3.05) is 25.1 Å². The van der Waals surface area contributed by atoms with E-state index in [0.29, 0.717) is 16.5 Å². The van der Waals surface area contributed by atoms with Gasteiger partial charge < -0.3 is 19.7 Å². The van der Waals surface area contributed by atoms with E-state index in [1.54, 1.807) is 14.0 Å². The highest BCUT2D eigenvalue weighted by Crippen LogP contribution is 2.44. The van der Waals surface area contributed by atoms with Crippen LogP contribution in [0.3, 0.4) is 0 Å². The first-order valence-electron chi connectivity index (χ1n) is 14.7. The lowest BCUT2D eigenvalue weighted by molar-refractivity contribution is -0.120. The third-order valence-corrected chi connectivity index (χ3v) is 8.76. The van der Waals surface area contributed by atoms with Crippen LogP contribution >= 0.6 is 11.6 Å². The number of hydrogen-bond donors (Lipinski definition) is 1. The van der Waals surface area contributed by atoms with Crippen LogP contribution < -0.4 is 19.7 Å². The van der Waals surface area contributed by atoms with Crippen LogP contribution in [0.5, 0.6) is 11.5 Å². The van der Waals surface area contributed by atoms with Gasteiger partial charge in [-0.15, -0.1) is 0 Å². The average molecular weight is 590 g/mol. The summed E-state index contributed by atoms with van der Waals surface area (Å²) in [6.45, 7) is 9.64. The molecule has 222 valence electrons. The summed E-state index contributed by atoms with van der Waals surface area (Å²) in [5.41, 5.74) is 4.90. The van der Waals surface area contributed by atoms with Crippen LogP contribution in [-0.2, 0) is 16.0 Å². The van der Waals surface area contributed by atoms with Gasteiger partial charge in [0, 0.05) is 42.8 Å². The summed E-state index contributed by atoms with van der Waals surface area (Å²) in [7, 11) is 1.63. The molecule has 0 aliphatic carbocycles. The smallest absolute Gasteiger partial charge is 0.232 e. The Morgan fingerprint density at radius 3 is 2.43 bits per heavy atom. The number of amides is 2. The fraction of sp³-hybridized carbons (Fsp3) is 0.412. The summed E-state index contributed by atoms with van der Waals surface area (Å²) in [5, 5.41) is 3.68. The molecule has 1 N–H and O–H groups in total. The first kappa shape index (κ1) is 29.9. The molecule has 2 heterocycles. The Balaban J connectivity index is 1.50. The van der Waals surface area contributed by atoms with Gasteiger partial charge in [0.2, 0.25) is 11.8 Å². The molecule has 1 saturated heterocycles. The number of halogens is 1. The highest BCUT2D eigenvalue weighted by Gasteiger charge is 2.36. The molecule has 8 heteroatoms. The minimum absolute atomic E-state index is 0.0126. The molecule has 2 aliphatic heterocycles. The van der Waals surface area contributed by atoms with Crippen LogP contribution in [0.2, 0.25) is 5.02 Å². The number of carbonyl (C=O) groups excluding carboxylic acids is 2. The number of hydrogen-bond acceptors (Lipinski definition) is 5. The van der Waals surface area contributed by atoms with Gasteiger partial charge in [0.15, 0.2) is 11.5 Å². The molecule has 4 unspecified atom stereocenters. The molecule has 0 saturated carbocycles. The number of carbonyl (C=O) groups is 2. The number of fused-ring (bicyclic) bond motifs is 1. The topological polar surface area (TPSA) is 71.1 Å². The van der Waals surface area contributed by atoms with E-state index in [-0.39, 0.29) is 42.5 Å². The SMILES string of the molecule is CCC(C)Oc1cc2c(cc1OC)CC(=O)N(c1ccc(C(C)N3CCC(NC(C)=O)C3)cc1)C2c1ccc(Cl)cc1. The maximum absolute atomic E-state index is 13.9. The monoisotopic (exact) mass is 589 g/mol. The first-order valence-corrected chi connectivity index (χ1v) is 15.1. The van der Waals surface area contributed by atoms with Gasteiger partial charge in [0.05, 0.1) is 25.7 Å². The van der Waals surface area contributed by atoms with Crippen molar-refractivity contribution in [3.8, 4) is 11.5 Å². The highest BCUT2D eigenvalue weighted by molar-refractivity contribution is 6.30. The number of nitrogens with one attached hydrogen (secondary N) is 1. The Morgan fingerprint density at radius 2 is 1.79 bits per heavy atom. The second kappa shape index (κ2) is 12.8. The predicted molar refractivity (Wildman–Crippen MR) is 167 cm³/mol. The third kappa shape index (κ3) is 6.27. The minimum atomic E-state index is -0.357. The minimum Gasteiger partial charge on any atom is -0.493 e. The number of benzene rings is 3. The van der Waals surface area contributed by atoms with Crippen molar-refractivity contribution in [1.82, 2.24) is 10.2 Å². The average Bonchev–Trinajstić information content (AvgIpc) is 3.44. The number of methoxy groups -OCH3 is 1. The van der Waals surface area contributed by atoms with Gasteiger partial charge in [-0.3, -0.25) is 14.5 Å². The van der Waals surface area contributed by atoms with E-state index in [1.807, 2.05) is 60.4 Å². The zero-order chi connectivity index (χ0) is 30.0. The number of anilines is 1. The van der Waals surface area contributed by atoms with Crippen LogP contribution in [0.25, 0.3) is 0 Å². The van der Waals surface area contributed by atoms with Crippen LogP contribution in [0, 0.1) is 0 Å². The van der Waals surface area contributed by atoms with E-state index in [2.05, 4.69) is 36.2 Å². The van der Waals surface area contributed by atoms with Gasteiger partial charge in [-0.1, -0.05) is 42.8 Å². The van der Waals surface area contributed by atoms with Gasteiger partial charge in [-0.05, 0) is 85.3 Å². The second-order valence-corrected chi connectivity index (χ2v) is 11.8. The molecule has 0 aromatic heterocycles. The Bertz CT molecular complexity index is 1430. The van der Waals surface area contributed by atoms with E-state index in [0.717, 1.165) is 48.3 Å². The lowest BCUT2D eigenvalue weighted by Gasteiger charge is -2.38. The summed E-state index contributed by atoms with van der Waals surface area (Å²) < 4.78 is 11.9. The van der Waals surface area contributed by atoms with E-state index in [1.165, 1.54) is 5.56 Å². The quantitative estimate of drug-likeness (QED) is 0.309. The van der Waals surface area contributed by atoms with E-state index < -0.39 is 0 Å². The molecule has 7 nitrogen and oxygen atoms in total. The molecule has 42 heavy (non-hydrogen) atoms. The fourth-order valence-electron chi connectivity index (χ4n) is 6.04. The van der Waals surface area contributed by atoms with Crippen molar-refractivity contribution in [3.63, 3.8) is 0 Å². The number of likely N-dealkylation sites (tertiary alicyclic amines) is 1. The van der Waals surface area contributed by atoms with Gasteiger partial charge >= 0.3 is 0 Å². The highest BCUT2D eigenvalue weighted by atomic mass is 35.5. The summed E-state index contributed by atoms with van der Waals surface area (Å²) in [6.07, 6.45) is 2.09. The fourth-order valence-corrected chi connectivity index (χ4v) is 6.17. The lowest BCUT2D eigenvalue weighted by atomic mass is 9.86. The van der Waals surface area contributed by atoms with Crippen molar-refractivity contribution in [2.24, 2.45) is 0 Å². The zero-order valence-electron chi connectivity index (χ0n) is 25.0. The predicted octanol–water partition coefficient (Wildman–Crippen LogP) is 6.48. The van der Waals surface area contributed by atoms with Crippen molar-refractivity contribution in [3.05, 3.63) is 87.9 Å². The van der Waals surface area contributed by atoms with Gasteiger partial charge in [0.1, 0.15) is 0 Å². The maximum atomic E-state index is 13.9. The van der Waals surface area contributed by atoms with Gasteiger partial charge in [0.25, 0.3) is 0 Å². The zero-order valence-corrected chi connectivity index (χ0v) is 25.8. The van der Waals surface area contributed by atoms with Gasteiger partial charge in [-0.2, -0.15) is 0 Å². The molecular weight excluding hydrogens is 550 g/mol. The summed E-state index contributed by atoms with van der Waals surface area (Å²) in [4.78, 5) is 29.6. The molecule has 0 radical (unpaired) electrons. The van der Waals surface area contributed by atoms with E-state index >= 15 is 0 Å². The van der Waals surface area contributed by atoms with Gasteiger partial charge in [-0.25, -0.2) is 0 Å². The first-order chi connectivity index (χ1) is 20.2. The van der Waals surface area contributed by atoms with Crippen molar-refractivity contribution in [2.45, 2.75) is 71.2 Å². The van der Waals surface area contributed by atoms with Crippen LogP contribution in [0.4, 0.5) is 5.69 Å². The van der Waals surface area contributed by atoms with Crippen molar-refractivity contribution in [1.29, 1.82) is 0 Å². The summed E-state index contributed by atoms with van der Waals surface area (Å²) in [6, 6.07) is 20.0.